The number of hydrogen-bond donors (Lipinski definition) is 1. The molecule has 3 aliphatic heterocycles. The van der Waals surface area contributed by atoms with Crippen LogP contribution in [0.3, 0.4) is 0 Å². The first kappa shape index (κ1) is 36.2. The summed E-state index contributed by atoms with van der Waals surface area (Å²) >= 11 is 0. The molecule has 3 aromatic carbocycles. The maximum Gasteiger partial charge on any atom is 0.317 e. The van der Waals surface area contributed by atoms with Gasteiger partial charge < -0.3 is 14.7 Å². The van der Waals surface area contributed by atoms with E-state index in [0.717, 1.165) is 75.6 Å². The van der Waals surface area contributed by atoms with Crippen LogP contribution in [0.15, 0.2) is 60.7 Å². The first-order valence-corrected chi connectivity index (χ1v) is 18.1. The van der Waals surface area contributed by atoms with Gasteiger partial charge in [0, 0.05) is 30.4 Å². The molecule has 6 nitrogen and oxygen atoms in total. The Balaban J connectivity index is 1.19. The lowest BCUT2D eigenvalue weighted by atomic mass is 9.70. The molecule has 10 heteroatoms. The molecule has 50 heavy (non-hydrogen) atoms. The number of likely N-dealkylation sites (tertiary alicyclic amines) is 1. The van der Waals surface area contributed by atoms with Gasteiger partial charge in [-0.15, -0.1) is 0 Å². The van der Waals surface area contributed by atoms with Gasteiger partial charge in [-0.05, 0) is 124 Å². The molecule has 270 valence electrons. The van der Waals surface area contributed by atoms with Crippen molar-refractivity contribution in [1.29, 1.82) is 0 Å². The van der Waals surface area contributed by atoms with E-state index in [-0.39, 0.29) is 23.6 Å². The highest BCUT2D eigenvalue weighted by Gasteiger charge is 2.39. The van der Waals surface area contributed by atoms with Crippen molar-refractivity contribution in [3.63, 3.8) is 0 Å². The zero-order valence-corrected chi connectivity index (χ0v) is 28.9. The summed E-state index contributed by atoms with van der Waals surface area (Å²) in [6.45, 7) is 4.65. The van der Waals surface area contributed by atoms with E-state index in [1.165, 1.54) is 17.0 Å². The number of hydrogen-bond acceptors (Lipinski definition) is 5. The van der Waals surface area contributed by atoms with Crippen LogP contribution in [0.5, 0.6) is 5.75 Å². The fraction of sp³-hybridized carbons (Fsp3) is 0.525. The van der Waals surface area contributed by atoms with E-state index in [0.29, 0.717) is 43.1 Å². The van der Waals surface area contributed by atoms with Crippen molar-refractivity contribution in [3.05, 3.63) is 94.6 Å². The summed E-state index contributed by atoms with van der Waals surface area (Å²) in [5, 5.41) is 9.19. The molecule has 1 unspecified atom stereocenters. The molecule has 2 atom stereocenters. The highest BCUT2D eigenvalue weighted by Crippen LogP contribution is 2.44. The lowest BCUT2D eigenvalue weighted by molar-refractivity contribution is -0.138. The molecule has 0 aromatic heterocycles. The van der Waals surface area contributed by atoms with Crippen LogP contribution in [0, 0.1) is 17.0 Å². The molecule has 0 amide bonds. The number of benzene rings is 3. The number of carboxylic acids is 1. The highest BCUT2D eigenvalue weighted by atomic mass is 19.3. The molecule has 0 radical (unpaired) electrons. The SMILES string of the molecule is C[C@@H]1Cc2cc(OCc3ccccc3)ccc2C(c2c(F)cc(N3CCCC4(CCCN(CC(=O)O)CCC4)CCC3)cc2F)N1CC(F)F. The molecule has 2 saturated heterocycles. The monoisotopic (exact) mass is 695 g/mol. The fourth-order valence-electron chi connectivity index (χ4n) is 8.73. The Hall–Kier alpha value is -3.63. The predicted octanol–water partition coefficient (Wildman–Crippen LogP) is 8.47. The number of ether oxygens (including phenoxy) is 1. The van der Waals surface area contributed by atoms with Gasteiger partial charge in [-0.25, -0.2) is 17.6 Å². The zero-order chi connectivity index (χ0) is 35.3. The van der Waals surface area contributed by atoms with Crippen molar-refractivity contribution in [2.24, 2.45) is 5.41 Å². The second-order valence-electron chi connectivity index (χ2n) is 14.6. The average Bonchev–Trinajstić information content (AvgIpc) is 3.05. The molecule has 2 fully saturated rings. The van der Waals surface area contributed by atoms with Crippen molar-refractivity contribution in [1.82, 2.24) is 9.80 Å². The van der Waals surface area contributed by atoms with Crippen LogP contribution in [0.2, 0.25) is 0 Å². The number of anilines is 1. The quantitative estimate of drug-likeness (QED) is 0.227. The lowest BCUT2D eigenvalue weighted by Gasteiger charge is -2.42. The Bertz CT molecular complexity index is 1560. The summed E-state index contributed by atoms with van der Waals surface area (Å²) < 4.78 is 66.4. The van der Waals surface area contributed by atoms with Gasteiger partial charge in [0.2, 0.25) is 0 Å². The van der Waals surface area contributed by atoms with Gasteiger partial charge in [0.15, 0.2) is 0 Å². The third-order valence-electron chi connectivity index (χ3n) is 11.1. The number of carbonyl (C=O) groups is 1. The smallest absolute Gasteiger partial charge is 0.317 e. The van der Waals surface area contributed by atoms with Gasteiger partial charge in [0.05, 0.1) is 19.1 Å². The molecule has 6 rings (SSSR count). The Morgan fingerprint density at radius 2 is 1.52 bits per heavy atom. The van der Waals surface area contributed by atoms with E-state index in [4.69, 9.17) is 4.74 Å². The van der Waals surface area contributed by atoms with Crippen molar-refractivity contribution in [2.45, 2.75) is 89.8 Å². The van der Waals surface area contributed by atoms with E-state index in [1.807, 2.05) is 48.2 Å². The van der Waals surface area contributed by atoms with Crippen LogP contribution in [-0.4, -0.2) is 72.6 Å². The van der Waals surface area contributed by atoms with Gasteiger partial charge in [0.25, 0.3) is 6.43 Å². The molecule has 1 spiro atoms. The molecule has 0 saturated carbocycles. The number of halogens is 4. The van der Waals surface area contributed by atoms with Crippen molar-refractivity contribution in [2.75, 3.05) is 44.2 Å². The Morgan fingerprint density at radius 3 is 2.12 bits per heavy atom. The van der Waals surface area contributed by atoms with Crippen molar-refractivity contribution >= 4 is 11.7 Å². The fourth-order valence-corrected chi connectivity index (χ4v) is 8.73. The maximum atomic E-state index is 16.3. The summed E-state index contributed by atoms with van der Waals surface area (Å²) in [5.74, 6) is -1.61. The minimum absolute atomic E-state index is 0.0927. The van der Waals surface area contributed by atoms with Gasteiger partial charge in [-0.1, -0.05) is 36.4 Å². The van der Waals surface area contributed by atoms with Crippen LogP contribution >= 0.6 is 0 Å². The number of fused-ring (bicyclic) bond motifs is 1. The van der Waals surface area contributed by atoms with E-state index < -0.39 is 36.6 Å². The van der Waals surface area contributed by atoms with Crippen molar-refractivity contribution < 1.29 is 32.2 Å². The maximum absolute atomic E-state index is 16.3. The minimum Gasteiger partial charge on any atom is -0.489 e. The molecule has 3 heterocycles. The minimum atomic E-state index is -2.66. The first-order valence-electron chi connectivity index (χ1n) is 18.1. The van der Waals surface area contributed by atoms with Crippen molar-refractivity contribution in [3.8, 4) is 5.75 Å². The number of nitrogens with zero attached hydrogens (tertiary/aromatic N) is 3. The van der Waals surface area contributed by atoms with Gasteiger partial charge in [-0.2, -0.15) is 0 Å². The largest absolute Gasteiger partial charge is 0.489 e. The number of rotatable bonds is 9. The molecule has 0 bridgehead atoms. The third kappa shape index (κ3) is 8.62. The summed E-state index contributed by atoms with van der Waals surface area (Å²) in [5.41, 5.74) is 2.97. The van der Waals surface area contributed by atoms with Crippen LogP contribution in [0.4, 0.5) is 23.2 Å². The van der Waals surface area contributed by atoms with E-state index in [9.17, 15) is 18.7 Å². The van der Waals surface area contributed by atoms with Crippen LogP contribution in [-0.2, 0) is 17.8 Å². The summed E-state index contributed by atoms with van der Waals surface area (Å²) in [6, 6.07) is 16.5. The summed E-state index contributed by atoms with van der Waals surface area (Å²) in [6.07, 6.45) is 5.73. The van der Waals surface area contributed by atoms with Gasteiger partial charge in [0.1, 0.15) is 24.0 Å². The topological polar surface area (TPSA) is 56.3 Å². The Morgan fingerprint density at radius 1 is 0.900 bits per heavy atom. The third-order valence-corrected chi connectivity index (χ3v) is 11.1. The molecule has 1 N–H and O–H groups in total. The molecule has 3 aliphatic rings. The lowest BCUT2D eigenvalue weighted by Crippen LogP contribution is -2.45. The highest BCUT2D eigenvalue weighted by molar-refractivity contribution is 5.69. The molecular formula is C40H49F4N3O3. The second kappa shape index (κ2) is 16.1. The summed E-state index contributed by atoms with van der Waals surface area (Å²) in [7, 11) is 0. The van der Waals surface area contributed by atoms with Gasteiger partial charge >= 0.3 is 5.97 Å². The molecule has 3 aromatic rings. The normalized spacial score (nSPS) is 22.0. The number of aliphatic carboxylic acids is 1. The second-order valence-corrected chi connectivity index (χ2v) is 14.6. The standard InChI is InChI=1S/C40H49F4N3O3/c1-28-21-30-22-32(50-27-29-9-3-2-4-10-29)11-12-33(30)39(47(28)25-36(43)44)38-34(41)23-31(24-35(38)42)46-19-7-15-40(16-8-20-46)13-5-17-45(18-6-14-40)26-37(48)49/h2-4,9-12,22-24,28,36,39H,5-8,13-21,25-27H2,1H3,(H,48,49)/t28-,39?/m1/s1. The van der Waals surface area contributed by atoms with E-state index >= 15 is 8.78 Å². The Kier molecular flexibility index (Phi) is 11.7. The van der Waals surface area contributed by atoms with Crippen LogP contribution in [0.1, 0.15) is 86.6 Å². The number of alkyl halides is 2. The first-order chi connectivity index (χ1) is 24.1. The zero-order valence-electron chi connectivity index (χ0n) is 28.9. The van der Waals surface area contributed by atoms with Crippen LogP contribution < -0.4 is 9.64 Å². The summed E-state index contributed by atoms with van der Waals surface area (Å²) in [4.78, 5) is 16.8. The Labute approximate surface area is 293 Å². The number of carboxylic acid groups (broad SMARTS) is 1. The van der Waals surface area contributed by atoms with E-state index in [2.05, 4.69) is 4.90 Å². The average molecular weight is 696 g/mol. The molecule has 0 aliphatic carbocycles. The predicted molar refractivity (Wildman–Crippen MR) is 187 cm³/mol. The molecular weight excluding hydrogens is 646 g/mol. The van der Waals surface area contributed by atoms with E-state index in [1.54, 1.807) is 12.1 Å². The van der Waals surface area contributed by atoms with Gasteiger partial charge in [-0.3, -0.25) is 14.6 Å². The van der Waals surface area contributed by atoms with Crippen LogP contribution in [0.25, 0.3) is 0 Å².